The molecule has 6 nitrogen and oxygen atoms in total. The number of piperazine rings is 1. The van der Waals surface area contributed by atoms with Gasteiger partial charge in [-0.2, -0.15) is 0 Å². The van der Waals surface area contributed by atoms with E-state index in [1.54, 1.807) is 17.9 Å². The van der Waals surface area contributed by atoms with Crippen molar-refractivity contribution in [2.75, 3.05) is 36.4 Å². The maximum atomic E-state index is 13.2. The van der Waals surface area contributed by atoms with E-state index in [1.165, 1.54) is 0 Å². The fourth-order valence-corrected chi connectivity index (χ4v) is 3.50. The Morgan fingerprint density at radius 3 is 2.36 bits per heavy atom. The SMILES string of the molecule is CCC(=O)Nc1c(C(=O)N2CCN(c3ccccc3)CC2)oc2ccccc12. The number of hydrogen-bond acceptors (Lipinski definition) is 4. The average Bonchev–Trinajstić information content (AvgIpc) is 3.12. The first-order valence-corrected chi connectivity index (χ1v) is 9.58. The Labute approximate surface area is 163 Å². The van der Waals surface area contributed by atoms with Crippen LogP contribution in [-0.2, 0) is 4.79 Å². The predicted octanol–water partition coefficient (Wildman–Crippen LogP) is 3.74. The number of nitrogens with one attached hydrogen (secondary N) is 1. The number of fused-ring (bicyclic) bond motifs is 1. The lowest BCUT2D eigenvalue weighted by molar-refractivity contribution is -0.115. The van der Waals surface area contributed by atoms with Crippen LogP contribution < -0.4 is 10.2 Å². The summed E-state index contributed by atoms with van der Waals surface area (Å²) in [5, 5.41) is 3.59. The quantitative estimate of drug-likeness (QED) is 0.752. The number of amides is 2. The molecule has 6 heteroatoms. The van der Waals surface area contributed by atoms with Crippen LogP contribution in [0.25, 0.3) is 11.0 Å². The van der Waals surface area contributed by atoms with Gasteiger partial charge in [0.15, 0.2) is 0 Å². The van der Waals surface area contributed by atoms with Gasteiger partial charge in [0.1, 0.15) is 11.3 Å². The summed E-state index contributed by atoms with van der Waals surface area (Å²) in [6.07, 6.45) is 0.336. The number of nitrogens with zero attached hydrogens (tertiary/aromatic N) is 2. The molecule has 2 aromatic carbocycles. The summed E-state index contributed by atoms with van der Waals surface area (Å²) in [4.78, 5) is 29.2. The number of hydrogen-bond donors (Lipinski definition) is 1. The van der Waals surface area contributed by atoms with E-state index in [2.05, 4.69) is 22.3 Å². The van der Waals surface area contributed by atoms with Gasteiger partial charge >= 0.3 is 0 Å². The second-order valence-corrected chi connectivity index (χ2v) is 6.82. The van der Waals surface area contributed by atoms with Crippen LogP contribution in [0.1, 0.15) is 23.9 Å². The molecule has 4 rings (SSSR count). The van der Waals surface area contributed by atoms with Gasteiger partial charge in [0.2, 0.25) is 11.7 Å². The summed E-state index contributed by atoms with van der Waals surface area (Å²) in [7, 11) is 0. The van der Waals surface area contributed by atoms with Crippen molar-refractivity contribution in [2.45, 2.75) is 13.3 Å². The minimum absolute atomic E-state index is 0.144. The molecule has 1 saturated heterocycles. The third-order valence-corrected chi connectivity index (χ3v) is 5.06. The molecule has 1 aromatic heterocycles. The summed E-state index contributed by atoms with van der Waals surface area (Å²) in [5.74, 6) is -0.124. The standard InChI is InChI=1S/C22H23N3O3/c1-2-19(26)23-20-17-10-6-7-11-18(17)28-21(20)22(27)25-14-12-24(13-15-25)16-8-4-3-5-9-16/h3-11H,2,12-15H2,1H3,(H,23,26). The molecular weight excluding hydrogens is 354 g/mol. The monoisotopic (exact) mass is 377 g/mol. The lowest BCUT2D eigenvalue weighted by atomic mass is 10.2. The van der Waals surface area contributed by atoms with Crippen LogP contribution in [0.4, 0.5) is 11.4 Å². The molecule has 1 aliphatic heterocycles. The lowest BCUT2D eigenvalue weighted by Crippen LogP contribution is -2.48. The smallest absolute Gasteiger partial charge is 0.291 e. The second kappa shape index (κ2) is 7.76. The van der Waals surface area contributed by atoms with E-state index >= 15 is 0 Å². The number of carbonyl (C=O) groups excluding carboxylic acids is 2. The average molecular weight is 377 g/mol. The fraction of sp³-hybridized carbons (Fsp3) is 0.273. The van der Waals surface area contributed by atoms with Crippen LogP contribution in [-0.4, -0.2) is 42.9 Å². The van der Waals surface area contributed by atoms with Crippen LogP contribution in [0.5, 0.6) is 0 Å². The summed E-state index contributed by atoms with van der Waals surface area (Å²) >= 11 is 0. The Kier molecular flexibility index (Phi) is 5.02. The molecule has 144 valence electrons. The first-order chi connectivity index (χ1) is 13.7. The van der Waals surface area contributed by atoms with Crippen molar-refractivity contribution in [3.63, 3.8) is 0 Å². The van der Waals surface area contributed by atoms with E-state index in [1.807, 2.05) is 36.4 Å². The molecule has 0 aliphatic carbocycles. The van der Waals surface area contributed by atoms with Crippen LogP contribution >= 0.6 is 0 Å². The zero-order valence-corrected chi connectivity index (χ0v) is 15.9. The molecule has 0 bridgehead atoms. The zero-order chi connectivity index (χ0) is 19.5. The number of benzene rings is 2. The van der Waals surface area contributed by atoms with E-state index in [9.17, 15) is 9.59 Å². The van der Waals surface area contributed by atoms with Crippen LogP contribution in [0, 0.1) is 0 Å². The summed E-state index contributed by atoms with van der Waals surface area (Å²) < 4.78 is 5.85. The highest BCUT2D eigenvalue weighted by molar-refractivity contribution is 6.10. The lowest BCUT2D eigenvalue weighted by Gasteiger charge is -2.35. The van der Waals surface area contributed by atoms with Gasteiger partial charge < -0.3 is 19.5 Å². The highest BCUT2D eigenvalue weighted by Crippen LogP contribution is 2.32. The van der Waals surface area contributed by atoms with Crippen molar-refractivity contribution in [1.29, 1.82) is 0 Å². The van der Waals surface area contributed by atoms with Crippen molar-refractivity contribution < 1.29 is 14.0 Å². The van der Waals surface area contributed by atoms with Crippen molar-refractivity contribution in [3.8, 4) is 0 Å². The molecule has 1 aliphatic rings. The van der Waals surface area contributed by atoms with Gasteiger partial charge in [-0.05, 0) is 24.3 Å². The fourth-order valence-electron chi connectivity index (χ4n) is 3.50. The largest absolute Gasteiger partial charge is 0.449 e. The van der Waals surface area contributed by atoms with Gasteiger partial charge in [-0.3, -0.25) is 9.59 Å². The van der Waals surface area contributed by atoms with Gasteiger partial charge in [0, 0.05) is 43.7 Å². The van der Waals surface area contributed by atoms with Gasteiger partial charge in [-0.1, -0.05) is 37.3 Å². The molecule has 1 fully saturated rings. The van der Waals surface area contributed by atoms with Crippen molar-refractivity contribution in [2.24, 2.45) is 0 Å². The van der Waals surface area contributed by atoms with Crippen molar-refractivity contribution >= 4 is 34.2 Å². The Morgan fingerprint density at radius 1 is 0.964 bits per heavy atom. The van der Waals surface area contributed by atoms with Crippen LogP contribution in [0.15, 0.2) is 59.0 Å². The van der Waals surface area contributed by atoms with Crippen molar-refractivity contribution in [1.82, 2.24) is 4.90 Å². The number of carbonyl (C=O) groups is 2. The molecular formula is C22H23N3O3. The van der Waals surface area contributed by atoms with Crippen molar-refractivity contribution in [3.05, 3.63) is 60.4 Å². The minimum Gasteiger partial charge on any atom is -0.449 e. The van der Waals surface area contributed by atoms with E-state index in [0.717, 1.165) is 24.2 Å². The summed E-state index contributed by atoms with van der Waals surface area (Å²) in [5.41, 5.74) is 2.23. The first kappa shape index (κ1) is 18.1. The van der Waals surface area contributed by atoms with Gasteiger partial charge in [0.05, 0.1) is 0 Å². The molecule has 2 amide bonds. The Hall–Kier alpha value is -3.28. The normalized spacial score (nSPS) is 14.3. The van der Waals surface area contributed by atoms with Gasteiger partial charge in [-0.15, -0.1) is 0 Å². The summed E-state index contributed by atoms with van der Waals surface area (Å²) in [6.45, 7) is 4.50. The molecule has 0 radical (unpaired) electrons. The molecule has 0 atom stereocenters. The van der Waals surface area contributed by atoms with Gasteiger partial charge in [0.25, 0.3) is 5.91 Å². The molecule has 28 heavy (non-hydrogen) atoms. The molecule has 1 N–H and O–H groups in total. The number of anilines is 2. The van der Waals surface area contributed by atoms with E-state index in [4.69, 9.17) is 4.42 Å². The van der Waals surface area contributed by atoms with Crippen LogP contribution in [0.2, 0.25) is 0 Å². The second-order valence-electron chi connectivity index (χ2n) is 6.82. The molecule has 0 saturated carbocycles. The minimum atomic E-state index is -0.185. The summed E-state index contributed by atoms with van der Waals surface area (Å²) in [6, 6.07) is 17.6. The highest BCUT2D eigenvalue weighted by atomic mass is 16.3. The maximum absolute atomic E-state index is 13.2. The first-order valence-electron chi connectivity index (χ1n) is 9.58. The van der Waals surface area contributed by atoms with E-state index in [0.29, 0.717) is 30.8 Å². The Bertz CT molecular complexity index is 989. The van der Waals surface area contributed by atoms with E-state index < -0.39 is 0 Å². The number of rotatable bonds is 4. The predicted molar refractivity (Wildman–Crippen MR) is 110 cm³/mol. The molecule has 0 unspecified atom stereocenters. The van der Waals surface area contributed by atoms with Crippen LogP contribution in [0.3, 0.4) is 0 Å². The topological polar surface area (TPSA) is 65.8 Å². The maximum Gasteiger partial charge on any atom is 0.291 e. The Balaban J connectivity index is 1.56. The number of furan rings is 1. The third kappa shape index (κ3) is 3.45. The zero-order valence-electron chi connectivity index (χ0n) is 15.9. The van der Waals surface area contributed by atoms with Gasteiger partial charge in [-0.25, -0.2) is 0 Å². The Morgan fingerprint density at radius 2 is 1.64 bits per heavy atom. The number of para-hydroxylation sites is 2. The molecule has 0 spiro atoms. The highest BCUT2D eigenvalue weighted by Gasteiger charge is 2.28. The molecule has 2 heterocycles. The van der Waals surface area contributed by atoms with E-state index in [-0.39, 0.29) is 17.6 Å². The molecule has 3 aromatic rings. The third-order valence-electron chi connectivity index (χ3n) is 5.06.